The van der Waals surface area contributed by atoms with Gasteiger partial charge in [-0.2, -0.15) is 0 Å². The van der Waals surface area contributed by atoms with Gasteiger partial charge in [-0.15, -0.1) is 11.3 Å². The van der Waals surface area contributed by atoms with E-state index in [-0.39, 0.29) is 11.9 Å². The predicted octanol–water partition coefficient (Wildman–Crippen LogP) is 3.87. The van der Waals surface area contributed by atoms with Gasteiger partial charge >= 0.3 is 0 Å². The van der Waals surface area contributed by atoms with Gasteiger partial charge in [-0.1, -0.05) is 19.1 Å². The second kappa shape index (κ2) is 6.78. The third-order valence-electron chi connectivity index (χ3n) is 2.94. The number of hydrogen-bond acceptors (Lipinski definition) is 3. The quantitative estimate of drug-likeness (QED) is 0.867. The highest BCUT2D eigenvalue weighted by atomic mass is 32.1. The van der Waals surface area contributed by atoms with Gasteiger partial charge < -0.3 is 5.32 Å². The molecule has 2 nitrogen and oxygen atoms in total. The third-order valence-corrected chi connectivity index (χ3v) is 3.93. The fourth-order valence-corrected chi connectivity index (χ4v) is 2.84. The Kier molecular flexibility index (Phi) is 5.05. The van der Waals surface area contributed by atoms with Gasteiger partial charge in [0.05, 0.1) is 5.01 Å². The topological polar surface area (TPSA) is 24.9 Å². The SMILES string of the molecule is CCCNC(Cc1nc(C)cs1)c1cccc(F)c1. The van der Waals surface area contributed by atoms with Crippen LogP contribution in [-0.2, 0) is 6.42 Å². The second-order valence-electron chi connectivity index (χ2n) is 4.65. The third kappa shape index (κ3) is 4.11. The number of hydrogen-bond donors (Lipinski definition) is 1. The van der Waals surface area contributed by atoms with Crippen molar-refractivity contribution < 1.29 is 4.39 Å². The molecule has 0 radical (unpaired) electrons. The molecular weight excluding hydrogens is 259 g/mol. The molecule has 1 aromatic carbocycles. The van der Waals surface area contributed by atoms with Crippen molar-refractivity contribution in [3.63, 3.8) is 0 Å². The maximum absolute atomic E-state index is 13.4. The molecule has 0 saturated heterocycles. The number of halogens is 1. The molecule has 0 aliphatic rings. The largest absolute Gasteiger partial charge is 0.310 e. The van der Waals surface area contributed by atoms with E-state index >= 15 is 0 Å². The van der Waals surface area contributed by atoms with Crippen LogP contribution in [0.4, 0.5) is 4.39 Å². The van der Waals surface area contributed by atoms with Gasteiger partial charge in [0.15, 0.2) is 0 Å². The van der Waals surface area contributed by atoms with Crippen molar-refractivity contribution in [3.05, 3.63) is 51.7 Å². The molecule has 19 heavy (non-hydrogen) atoms. The Labute approximate surface area is 117 Å². The zero-order valence-corrected chi connectivity index (χ0v) is 12.1. The van der Waals surface area contributed by atoms with E-state index in [1.54, 1.807) is 23.5 Å². The van der Waals surface area contributed by atoms with E-state index in [4.69, 9.17) is 0 Å². The lowest BCUT2D eigenvalue weighted by molar-refractivity contribution is 0.523. The van der Waals surface area contributed by atoms with Gasteiger partial charge in [0.2, 0.25) is 0 Å². The summed E-state index contributed by atoms with van der Waals surface area (Å²) in [6.45, 7) is 5.05. The van der Waals surface area contributed by atoms with E-state index < -0.39 is 0 Å². The molecule has 0 aliphatic heterocycles. The van der Waals surface area contributed by atoms with Gasteiger partial charge in [-0.3, -0.25) is 0 Å². The minimum absolute atomic E-state index is 0.126. The fraction of sp³-hybridized carbons (Fsp3) is 0.400. The van der Waals surface area contributed by atoms with Crippen molar-refractivity contribution in [2.75, 3.05) is 6.54 Å². The van der Waals surface area contributed by atoms with Gasteiger partial charge in [0.25, 0.3) is 0 Å². The highest BCUT2D eigenvalue weighted by Crippen LogP contribution is 2.21. The summed E-state index contributed by atoms with van der Waals surface area (Å²) in [7, 11) is 0. The number of aryl methyl sites for hydroxylation is 1. The Morgan fingerprint density at radius 3 is 2.89 bits per heavy atom. The van der Waals surface area contributed by atoms with E-state index in [1.807, 2.05) is 13.0 Å². The zero-order chi connectivity index (χ0) is 13.7. The van der Waals surface area contributed by atoms with Crippen LogP contribution in [0, 0.1) is 12.7 Å². The van der Waals surface area contributed by atoms with Crippen molar-refractivity contribution in [3.8, 4) is 0 Å². The molecule has 1 atom stereocenters. The Morgan fingerprint density at radius 2 is 2.26 bits per heavy atom. The highest BCUT2D eigenvalue weighted by molar-refractivity contribution is 7.09. The number of thiazole rings is 1. The molecule has 0 aliphatic carbocycles. The fourth-order valence-electron chi connectivity index (χ4n) is 2.02. The Bertz CT molecular complexity index is 524. The Morgan fingerprint density at radius 1 is 1.42 bits per heavy atom. The summed E-state index contributed by atoms with van der Waals surface area (Å²) in [6, 6.07) is 6.94. The molecule has 1 heterocycles. The first kappa shape index (κ1) is 14.2. The highest BCUT2D eigenvalue weighted by Gasteiger charge is 2.14. The summed E-state index contributed by atoms with van der Waals surface area (Å²) < 4.78 is 13.4. The first-order valence-corrected chi connectivity index (χ1v) is 7.47. The average Bonchev–Trinajstić information content (AvgIpc) is 2.80. The van der Waals surface area contributed by atoms with E-state index in [0.717, 1.165) is 35.7 Å². The molecule has 1 N–H and O–H groups in total. The summed E-state index contributed by atoms with van der Waals surface area (Å²) in [5, 5.41) is 6.62. The molecule has 0 fully saturated rings. The number of nitrogens with one attached hydrogen (secondary N) is 1. The first-order chi connectivity index (χ1) is 9.19. The van der Waals surface area contributed by atoms with Gasteiger partial charge in [-0.25, -0.2) is 9.37 Å². The lowest BCUT2D eigenvalue weighted by Crippen LogP contribution is -2.24. The molecule has 1 aromatic heterocycles. The van der Waals surface area contributed by atoms with Gasteiger partial charge in [0.1, 0.15) is 5.82 Å². The first-order valence-electron chi connectivity index (χ1n) is 6.59. The zero-order valence-electron chi connectivity index (χ0n) is 11.3. The summed E-state index contributed by atoms with van der Waals surface area (Å²) >= 11 is 1.67. The molecule has 102 valence electrons. The Balaban J connectivity index is 2.15. The number of nitrogens with zero attached hydrogens (tertiary/aromatic N) is 1. The predicted molar refractivity (Wildman–Crippen MR) is 78.0 cm³/mol. The van der Waals surface area contributed by atoms with E-state index in [9.17, 15) is 4.39 Å². The van der Waals surface area contributed by atoms with Crippen molar-refractivity contribution >= 4 is 11.3 Å². The smallest absolute Gasteiger partial charge is 0.123 e. The standard InChI is InChI=1S/C15H19FN2S/c1-3-7-17-14(9-15-18-11(2)10-19-15)12-5-4-6-13(16)8-12/h4-6,8,10,14,17H,3,7,9H2,1-2H3. The molecular formula is C15H19FN2S. The molecule has 2 rings (SSSR count). The minimum atomic E-state index is -0.184. The second-order valence-corrected chi connectivity index (χ2v) is 5.59. The van der Waals surface area contributed by atoms with Crippen LogP contribution in [0.25, 0.3) is 0 Å². The van der Waals surface area contributed by atoms with Crippen LogP contribution in [0.2, 0.25) is 0 Å². The monoisotopic (exact) mass is 278 g/mol. The maximum atomic E-state index is 13.4. The summed E-state index contributed by atoms with van der Waals surface area (Å²) in [5.74, 6) is -0.184. The Hall–Kier alpha value is -1.26. The van der Waals surface area contributed by atoms with Crippen LogP contribution in [0.5, 0.6) is 0 Å². The summed E-state index contributed by atoms with van der Waals surface area (Å²) in [5.41, 5.74) is 2.04. The molecule has 0 bridgehead atoms. The average molecular weight is 278 g/mol. The number of aromatic nitrogens is 1. The molecule has 0 amide bonds. The van der Waals surface area contributed by atoms with Crippen LogP contribution < -0.4 is 5.32 Å². The maximum Gasteiger partial charge on any atom is 0.123 e. The van der Waals surface area contributed by atoms with Gasteiger partial charge in [0, 0.05) is 23.5 Å². The normalized spacial score (nSPS) is 12.6. The summed E-state index contributed by atoms with van der Waals surface area (Å²) in [6.07, 6.45) is 1.87. The number of benzene rings is 1. The molecule has 0 spiro atoms. The van der Waals surface area contributed by atoms with Gasteiger partial charge in [-0.05, 0) is 37.6 Å². The van der Waals surface area contributed by atoms with Crippen LogP contribution >= 0.6 is 11.3 Å². The van der Waals surface area contributed by atoms with Crippen molar-refractivity contribution in [2.45, 2.75) is 32.7 Å². The van der Waals surface area contributed by atoms with Crippen molar-refractivity contribution in [1.29, 1.82) is 0 Å². The molecule has 1 unspecified atom stereocenters. The van der Waals surface area contributed by atoms with E-state index in [1.165, 1.54) is 6.07 Å². The van der Waals surface area contributed by atoms with E-state index in [0.29, 0.717) is 0 Å². The molecule has 4 heteroatoms. The van der Waals surface area contributed by atoms with Crippen LogP contribution in [0.1, 0.15) is 35.7 Å². The van der Waals surface area contributed by atoms with Crippen molar-refractivity contribution in [1.82, 2.24) is 10.3 Å². The van der Waals surface area contributed by atoms with Crippen LogP contribution in [0.15, 0.2) is 29.6 Å². The van der Waals surface area contributed by atoms with E-state index in [2.05, 4.69) is 22.6 Å². The minimum Gasteiger partial charge on any atom is -0.310 e. The molecule has 2 aromatic rings. The van der Waals surface area contributed by atoms with Crippen LogP contribution in [0.3, 0.4) is 0 Å². The number of rotatable bonds is 6. The molecule has 0 saturated carbocycles. The van der Waals surface area contributed by atoms with Crippen molar-refractivity contribution in [2.24, 2.45) is 0 Å². The van der Waals surface area contributed by atoms with Crippen LogP contribution in [-0.4, -0.2) is 11.5 Å². The lowest BCUT2D eigenvalue weighted by atomic mass is 10.0. The lowest BCUT2D eigenvalue weighted by Gasteiger charge is -2.18. The summed E-state index contributed by atoms with van der Waals surface area (Å²) in [4.78, 5) is 4.49.